The van der Waals surface area contributed by atoms with Crippen molar-refractivity contribution in [2.75, 3.05) is 26.4 Å². The van der Waals surface area contributed by atoms with Gasteiger partial charge in [0, 0.05) is 6.42 Å². The predicted octanol–water partition coefficient (Wildman–Crippen LogP) is 0.959. The first-order valence-electron chi connectivity index (χ1n) is 40.7. The molecule has 12 N–H and O–H groups in total. The zero-order valence-electron chi connectivity index (χ0n) is 67.4. The first-order chi connectivity index (χ1) is 53.7. The SMILES string of the molecule is CCCCC[C@@H]1CCCCCCCCCC(=O)O[C@H]2[C@H](OC[C@H]3O[C@@H](O[C@H]4[C@H](O)[C@@H](CO)O[C@@H](O[C@H]5[C@H](O1)O[C@H](C)[C@@H](O)[C@@H]5O)[C@@H]4O[C@@H]1O[C@@H](C)[C@H](OC(=O)[C@@H](C)CC)[C@@H](O[C@@H]4O[C@H](CO)[C@@H](OC(=O)[C@@H](C)[C@H](C)O)[C@H](O)[C@H]4O)[C@H]1O)[C@H](OC(=O)[C@@H](C)CC)[C@@H](O)[C@@H]3OC(=O)[C@@H](C)CC)O[C@H](CO)[C@@H](OC(=O)[C@@H](C)CC)[C@@H]2O. The van der Waals surface area contributed by atoms with E-state index in [1.54, 1.807) is 41.5 Å². The third-order valence-electron chi connectivity index (χ3n) is 22.7. The molecule has 0 radical (unpaired) electrons. The maximum atomic E-state index is 14.3. The van der Waals surface area contributed by atoms with Crippen molar-refractivity contribution in [3.8, 4) is 0 Å². The standard InChI is InChI=1S/C77H130O36/c1-14-19-25-28-43-29-26-23-21-20-22-24-27-30-48(82)104-64-54(88)59(106-68(92)36(7)16-3)46(33-80)102-74(64)96-34-47-60(107-69(93)37(8)17-4)55(89)65(109-70(94)38(9)18-5)76(103-47)111-61-50(84)44(31-78)100-77(112-63-51(85)49(83)41(12)97-75(63)99-43)66(61)113-73-56(90)62(57(42(13)98-73)105-67(91)35(6)15-2)110-72-53(87)52(86)58(45(32-79)101-72)108-71(95)39(10)40(11)81/h35-47,49-66,72-81,83-90H,14-34H2,1-13H3/t35-,36-,37-,38-,39-,40-,41+,42-,43+,44+,45+,46+,47+,49+,50+,51-,52+,53+,54-,55-,56+,57-,58+,59+,60+,61-,62-,63+,64+,65+,66+,72-,73-,74+,75-,76-,77-/m0/s1. The number of esters is 6. The van der Waals surface area contributed by atoms with E-state index in [0.29, 0.717) is 51.4 Å². The van der Waals surface area contributed by atoms with E-state index in [2.05, 4.69) is 0 Å². The smallest absolute Gasteiger partial charge is 0.311 e. The molecule has 4 bridgehead atoms. The van der Waals surface area contributed by atoms with E-state index in [9.17, 15) is 90.0 Å². The van der Waals surface area contributed by atoms with Gasteiger partial charge in [-0.15, -0.1) is 0 Å². The fourth-order valence-corrected chi connectivity index (χ4v) is 14.0. The summed E-state index contributed by atoms with van der Waals surface area (Å²) < 4.78 is 113. The van der Waals surface area contributed by atoms with Crippen LogP contribution in [0.4, 0.5) is 0 Å². The molecule has 7 rings (SSSR count). The third-order valence-corrected chi connectivity index (χ3v) is 22.7. The zero-order chi connectivity index (χ0) is 83.4. The molecule has 36 heteroatoms. The van der Waals surface area contributed by atoms with Crippen molar-refractivity contribution in [1.29, 1.82) is 0 Å². The van der Waals surface area contributed by atoms with E-state index in [1.807, 2.05) is 6.92 Å². The van der Waals surface area contributed by atoms with Gasteiger partial charge in [-0.3, -0.25) is 28.8 Å². The number of unbranched alkanes of at least 4 members (excludes halogenated alkanes) is 2. The molecule has 7 fully saturated rings. The van der Waals surface area contributed by atoms with Gasteiger partial charge in [0.15, 0.2) is 74.4 Å². The van der Waals surface area contributed by atoms with Crippen LogP contribution in [0.5, 0.6) is 0 Å². The summed E-state index contributed by atoms with van der Waals surface area (Å²) in [7, 11) is 0. The topological polar surface area (TPSA) is 511 Å². The summed E-state index contributed by atoms with van der Waals surface area (Å²) >= 11 is 0. The Morgan fingerprint density at radius 3 is 1.49 bits per heavy atom. The number of ether oxygens (including phenoxy) is 18. The van der Waals surface area contributed by atoms with E-state index in [-0.39, 0.29) is 25.7 Å². The Morgan fingerprint density at radius 2 is 0.912 bits per heavy atom. The predicted molar refractivity (Wildman–Crippen MR) is 387 cm³/mol. The number of carbonyl (C=O) groups excluding carboxylic acids is 6. The summed E-state index contributed by atoms with van der Waals surface area (Å²) in [6.45, 7) is 16.5. The van der Waals surface area contributed by atoms with E-state index < -0.39 is 288 Å². The summed E-state index contributed by atoms with van der Waals surface area (Å²) in [6, 6.07) is 0. The van der Waals surface area contributed by atoms with E-state index in [1.165, 1.54) is 41.5 Å². The minimum Gasteiger partial charge on any atom is -0.456 e. The van der Waals surface area contributed by atoms with Crippen molar-refractivity contribution < 1.29 is 175 Å². The van der Waals surface area contributed by atoms with Crippen LogP contribution in [0.15, 0.2) is 0 Å². The molecule has 654 valence electrons. The Balaban J connectivity index is 1.41. The molecule has 0 aromatic heterocycles. The second-order valence-electron chi connectivity index (χ2n) is 31.3. The Bertz CT molecular complexity index is 2880. The molecular formula is C77H130O36. The largest absolute Gasteiger partial charge is 0.456 e. The lowest BCUT2D eigenvalue weighted by atomic mass is 9.94. The number of rotatable bonds is 26. The van der Waals surface area contributed by atoms with Gasteiger partial charge in [0.25, 0.3) is 0 Å². The average Bonchev–Trinajstić information content (AvgIpc) is 0.758. The van der Waals surface area contributed by atoms with Crippen molar-refractivity contribution in [2.45, 2.75) is 396 Å². The summed E-state index contributed by atoms with van der Waals surface area (Å²) in [4.78, 5) is 82.9. The first-order valence-corrected chi connectivity index (χ1v) is 40.7. The quantitative estimate of drug-likeness (QED) is 0.0326. The zero-order valence-corrected chi connectivity index (χ0v) is 67.4. The minimum atomic E-state index is -2.32. The maximum absolute atomic E-state index is 14.3. The highest BCUT2D eigenvalue weighted by molar-refractivity contribution is 5.74. The molecule has 0 aromatic rings. The molecule has 113 heavy (non-hydrogen) atoms. The highest BCUT2D eigenvalue weighted by Gasteiger charge is 2.61. The fraction of sp³-hybridized carbons (Fsp3) is 0.922. The lowest BCUT2D eigenvalue weighted by Gasteiger charge is -2.51. The summed E-state index contributed by atoms with van der Waals surface area (Å²) in [5, 5.41) is 142. The molecule has 37 atom stereocenters. The van der Waals surface area contributed by atoms with Gasteiger partial charge >= 0.3 is 35.8 Å². The van der Waals surface area contributed by atoms with Gasteiger partial charge in [0.1, 0.15) is 97.7 Å². The first kappa shape index (κ1) is 96.0. The van der Waals surface area contributed by atoms with Crippen LogP contribution in [0.25, 0.3) is 0 Å². The third kappa shape index (κ3) is 25.0. The molecule has 7 saturated heterocycles. The fourth-order valence-electron chi connectivity index (χ4n) is 14.0. The van der Waals surface area contributed by atoms with E-state index in [0.717, 1.165) is 32.1 Å². The van der Waals surface area contributed by atoms with Crippen molar-refractivity contribution in [3.05, 3.63) is 0 Å². The van der Waals surface area contributed by atoms with Crippen LogP contribution >= 0.6 is 0 Å². The number of carbonyl (C=O) groups is 6. The van der Waals surface area contributed by atoms with Gasteiger partial charge in [-0.2, -0.15) is 0 Å². The summed E-state index contributed by atoms with van der Waals surface area (Å²) in [5.74, 6) is -9.83. The minimum absolute atomic E-state index is 0.154. The Hall–Kier alpha value is -4.14. The molecule has 7 aliphatic rings. The second-order valence-corrected chi connectivity index (χ2v) is 31.3. The average molecular weight is 1630 g/mol. The Morgan fingerprint density at radius 1 is 0.416 bits per heavy atom. The Labute approximate surface area is 660 Å². The van der Waals surface area contributed by atoms with Gasteiger partial charge in [-0.25, -0.2) is 0 Å². The van der Waals surface area contributed by atoms with E-state index >= 15 is 0 Å². The molecule has 7 aliphatic heterocycles. The van der Waals surface area contributed by atoms with Gasteiger partial charge < -0.3 is 147 Å². The molecule has 0 aliphatic carbocycles. The van der Waals surface area contributed by atoms with Crippen molar-refractivity contribution >= 4 is 35.8 Å². The van der Waals surface area contributed by atoms with Crippen molar-refractivity contribution in [3.63, 3.8) is 0 Å². The van der Waals surface area contributed by atoms with Crippen LogP contribution in [0.1, 0.15) is 199 Å². The number of hydrogen-bond donors (Lipinski definition) is 12. The van der Waals surface area contributed by atoms with Gasteiger partial charge in [0.2, 0.25) is 0 Å². The van der Waals surface area contributed by atoms with Gasteiger partial charge in [-0.1, -0.05) is 120 Å². The maximum Gasteiger partial charge on any atom is 0.311 e. The van der Waals surface area contributed by atoms with Gasteiger partial charge in [0.05, 0.1) is 80.4 Å². The highest BCUT2D eigenvalue weighted by atomic mass is 16.8. The van der Waals surface area contributed by atoms with Crippen LogP contribution in [0.2, 0.25) is 0 Å². The van der Waals surface area contributed by atoms with Crippen LogP contribution < -0.4 is 0 Å². The van der Waals surface area contributed by atoms with E-state index in [4.69, 9.17) is 85.3 Å². The molecule has 0 spiro atoms. The Kier molecular flexibility index (Phi) is 39.0. The molecular weight excluding hydrogens is 1500 g/mol. The van der Waals surface area contributed by atoms with Gasteiger partial charge in [-0.05, 0) is 72.6 Å². The summed E-state index contributed by atoms with van der Waals surface area (Å²) in [6.07, 6.45) is -50.8. The summed E-state index contributed by atoms with van der Waals surface area (Å²) in [5.41, 5.74) is 0. The molecule has 0 amide bonds. The molecule has 36 nitrogen and oxygen atoms in total. The van der Waals surface area contributed by atoms with Crippen LogP contribution in [0.3, 0.4) is 0 Å². The monoisotopic (exact) mass is 1630 g/mol. The second kappa shape index (κ2) is 45.9. The number of aliphatic hydroxyl groups excluding tert-OH is 12. The van der Waals surface area contributed by atoms with Crippen molar-refractivity contribution in [1.82, 2.24) is 0 Å². The molecule has 7 heterocycles. The normalized spacial score (nSPS) is 40.5. The van der Waals surface area contributed by atoms with Crippen LogP contribution in [0, 0.1) is 29.6 Å². The van der Waals surface area contributed by atoms with Crippen molar-refractivity contribution in [2.24, 2.45) is 29.6 Å². The highest BCUT2D eigenvalue weighted by Crippen LogP contribution is 2.41. The number of hydrogen-bond acceptors (Lipinski definition) is 36. The lowest BCUT2D eigenvalue weighted by molar-refractivity contribution is -0.414. The molecule has 0 aromatic carbocycles. The lowest BCUT2D eigenvalue weighted by Crippen LogP contribution is -2.69. The van der Waals surface area contributed by atoms with Crippen LogP contribution in [-0.2, 0) is 114 Å². The molecule has 0 unspecified atom stereocenters. The van der Waals surface area contributed by atoms with Crippen LogP contribution in [-0.4, -0.2) is 320 Å². The molecule has 0 saturated carbocycles. The number of aliphatic hydroxyl groups is 12. The number of fused-ring (bicyclic) bond motifs is 6.